The third-order valence-corrected chi connectivity index (χ3v) is 5.22. The van der Waals surface area contributed by atoms with Gasteiger partial charge in [0.25, 0.3) is 5.78 Å². The average Bonchev–Trinajstić information content (AvgIpc) is 3.11. The van der Waals surface area contributed by atoms with Gasteiger partial charge in [0.05, 0.1) is 12.7 Å². The van der Waals surface area contributed by atoms with Crippen molar-refractivity contribution in [3.05, 3.63) is 35.2 Å². The van der Waals surface area contributed by atoms with E-state index in [1.165, 1.54) is 18.0 Å². The van der Waals surface area contributed by atoms with Gasteiger partial charge in [0.15, 0.2) is 11.6 Å². The number of anilines is 1. The van der Waals surface area contributed by atoms with E-state index in [1.54, 1.807) is 0 Å². The molecule has 0 amide bonds. The minimum atomic E-state index is -0.679. The zero-order chi connectivity index (χ0) is 19.1. The molecule has 1 aliphatic rings. The fraction of sp³-hybridized carbons (Fsp3) is 0.389. The topological polar surface area (TPSA) is 55.6 Å². The van der Waals surface area contributed by atoms with Crippen molar-refractivity contribution in [2.45, 2.75) is 32.2 Å². The molecule has 0 spiro atoms. The van der Waals surface area contributed by atoms with E-state index >= 15 is 0 Å². The van der Waals surface area contributed by atoms with E-state index in [2.05, 4.69) is 26.9 Å². The van der Waals surface area contributed by atoms with Crippen molar-refractivity contribution in [3.8, 4) is 16.9 Å². The number of aromatic nitrogens is 4. The van der Waals surface area contributed by atoms with Crippen LogP contribution in [0.1, 0.15) is 26.2 Å². The summed E-state index contributed by atoms with van der Waals surface area (Å²) >= 11 is 6.43. The van der Waals surface area contributed by atoms with Gasteiger partial charge in [0.2, 0.25) is 0 Å². The molecular formula is C18H18ClF2N5O. The summed E-state index contributed by atoms with van der Waals surface area (Å²) in [6.45, 7) is 2.84. The predicted octanol–water partition coefficient (Wildman–Crippen LogP) is 4.11. The quantitative estimate of drug-likeness (QED) is 0.627. The Hall–Kier alpha value is -2.48. The lowest BCUT2D eigenvalue weighted by Crippen LogP contribution is -2.39. The highest BCUT2D eigenvalue weighted by atomic mass is 35.5. The second-order valence-corrected chi connectivity index (χ2v) is 6.94. The van der Waals surface area contributed by atoms with Crippen LogP contribution in [0.5, 0.6) is 5.75 Å². The highest BCUT2D eigenvalue weighted by molar-refractivity contribution is 6.33. The van der Waals surface area contributed by atoms with Crippen LogP contribution >= 0.6 is 11.6 Å². The number of piperidine rings is 1. The fourth-order valence-electron chi connectivity index (χ4n) is 3.59. The van der Waals surface area contributed by atoms with E-state index in [-0.39, 0.29) is 22.5 Å². The molecule has 1 aliphatic heterocycles. The SMILES string of the molecule is COc1cc(F)c(-c2c(Cl)nc3ncnn3c2N2CCCCC2C)cc1F. The Kier molecular flexibility index (Phi) is 4.59. The molecule has 3 heterocycles. The normalized spacial score (nSPS) is 17.5. The van der Waals surface area contributed by atoms with Crippen LogP contribution in [0.25, 0.3) is 16.9 Å². The fourth-order valence-corrected chi connectivity index (χ4v) is 3.85. The highest BCUT2D eigenvalue weighted by Gasteiger charge is 2.29. The van der Waals surface area contributed by atoms with Crippen LogP contribution < -0.4 is 9.64 Å². The number of ether oxygens (including phenoxy) is 1. The van der Waals surface area contributed by atoms with Gasteiger partial charge in [0, 0.05) is 24.2 Å². The number of methoxy groups -OCH3 is 1. The summed E-state index contributed by atoms with van der Waals surface area (Å²) in [4.78, 5) is 10.4. The molecule has 1 unspecified atom stereocenters. The van der Waals surface area contributed by atoms with Gasteiger partial charge in [-0.05, 0) is 32.3 Å². The van der Waals surface area contributed by atoms with Crippen molar-refractivity contribution in [2.24, 2.45) is 0 Å². The molecule has 0 bridgehead atoms. The van der Waals surface area contributed by atoms with Crippen LogP contribution in [0.3, 0.4) is 0 Å². The van der Waals surface area contributed by atoms with Gasteiger partial charge in [-0.3, -0.25) is 0 Å². The molecule has 142 valence electrons. The lowest BCUT2D eigenvalue weighted by Gasteiger charge is -2.36. The monoisotopic (exact) mass is 393 g/mol. The molecule has 1 atom stereocenters. The third kappa shape index (κ3) is 2.97. The zero-order valence-corrected chi connectivity index (χ0v) is 15.7. The van der Waals surface area contributed by atoms with E-state index in [0.717, 1.165) is 37.9 Å². The molecule has 2 aromatic heterocycles. The maximum absolute atomic E-state index is 14.9. The van der Waals surface area contributed by atoms with Crippen LogP contribution in [-0.4, -0.2) is 39.3 Å². The first kappa shape index (κ1) is 17.9. The Morgan fingerprint density at radius 2 is 2.04 bits per heavy atom. The van der Waals surface area contributed by atoms with Crippen LogP contribution in [0, 0.1) is 11.6 Å². The largest absolute Gasteiger partial charge is 0.494 e. The van der Waals surface area contributed by atoms with Crippen LogP contribution in [0.4, 0.5) is 14.6 Å². The Morgan fingerprint density at radius 3 is 2.78 bits per heavy atom. The van der Waals surface area contributed by atoms with Gasteiger partial charge >= 0.3 is 0 Å². The summed E-state index contributed by atoms with van der Waals surface area (Å²) in [5, 5.41) is 4.29. The van der Waals surface area contributed by atoms with Gasteiger partial charge < -0.3 is 9.64 Å². The highest BCUT2D eigenvalue weighted by Crippen LogP contribution is 2.41. The molecule has 1 aromatic carbocycles. The summed E-state index contributed by atoms with van der Waals surface area (Å²) in [5.41, 5.74) is 0.304. The number of halogens is 3. The van der Waals surface area contributed by atoms with E-state index in [1.807, 2.05) is 0 Å². The number of fused-ring (bicyclic) bond motifs is 1. The van der Waals surface area contributed by atoms with Crippen LogP contribution in [-0.2, 0) is 0 Å². The molecule has 1 saturated heterocycles. The van der Waals surface area contributed by atoms with Gasteiger partial charge in [-0.1, -0.05) is 11.6 Å². The lowest BCUT2D eigenvalue weighted by atomic mass is 10.0. The average molecular weight is 394 g/mol. The van der Waals surface area contributed by atoms with Crippen molar-refractivity contribution >= 4 is 23.2 Å². The van der Waals surface area contributed by atoms with Crippen LogP contribution in [0.15, 0.2) is 18.5 Å². The summed E-state index contributed by atoms with van der Waals surface area (Å²) in [6.07, 6.45) is 4.44. The molecule has 0 N–H and O–H groups in total. The van der Waals surface area contributed by atoms with E-state index in [9.17, 15) is 8.78 Å². The minimum Gasteiger partial charge on any atom is -0.494 e. The molecule has 4 rings (SSSR count). The summed E-state index contributed by atoms with van der Waals surface area (Å²) in [7, 11) is 1.29. The van der Waals surface area contributed by atoms with E-state index in [0.29, 0.717) is 17.2 Å². The zero-order valence-electron chi connectivity index (χ0n) is 14.9. The third-order valence-electron chi connectivity index (χ3n) is 4.94. The number of benzene rings is 1. The molecule has 0 aliphatic carbocycles. The molecule has 0 radical (unpaired) electrons. The number of hydrogen-bond donors (Lipinski definition) is 0. The molecule has 9 heteroatoms. The maximum Gasteiger partial charge on any atom is 0.255 e. The number of rotatable bonds is 3. The minimum absolute atomic E-state index is 0.0102. The Bertz CT molecular complexity index is 1010. The number of hydrogen-bond acceptors (Lipinski definition) is 5. The molecule has 0 saturated carbocycles. The first-order valence-electron chi connectivity index (χ1n) is 8.70. The maximum atomic E-state index is 14.9. The standard InChI is InChI=1S/C18H18ClF2N5O/c1-10-5-3-4-6-25(10)17-15(16(19)24-18-22-9-23-26(17)18)11-7-13(21)14(27-2)8-12(11)20/h7-10H,3-6H2,1-2H3. The molecule has 27 heavy (non-hydrogen) atoms. The molecule has 6 nitrogen and oxygen atoms in total. The Labute approximate surface area is 159 Å². The van der Waals surface area contributed by atoms with E-state index in [4.69, 9.17) is 16.3 Å². The lowest BCUT2D eigenvalue weighted by molar-refractivity contribution is 0.383. The van der Waals surface area contributed by atoms with Crippen molar-refractivity contribution in [1.82, 2.24) is 19.6 Å². The van der Waals surface area contributed by atoms with Gasteiger partial charge in [-0.25, -0.2) is 8.78 Å². The smallest absolute Gasteiger partial charge is 0.255 e. The van der Waals surface area contributed by atoms with Crippen molar-refractivity contribution in [2.75, 3.05) is 18.6 Å². The van der Waals surface area contributed by atoms with Crippen molar-refractivity contribution in [3.63, 3.8) is 0 Å². The number of nitrogens with zero attached hydrogens (tertiary/aromatic N) is 5. The Morgan fingerprint density at radius 1 is 1.22 bits per heavy atom. The first-order chi connectivity index (χ1) is 13.0. The second kappa shape index (κ2) is 6.92. The summed E-state index contributed by atoms with van der Waals surface area (Å²) in [5.74, 6) is -0.622. The predicted molar refractivity (Wildman–Crippen MR) is 98.4 cm³/mol. The van der Waals surface area contributed by atoms with Crippen molar-refractivity contribution in [1.29, 1.82) is 0 Å². The van der Waals surface area contributed by atoms with Gasteiger partial charge in [0.1, 0.15) is 23.1 Å². The van der Waals surface area contributed by atoms with Crippen molar-refractivity contribution < 1.29 is 13.5 Å². The van der Waals surface area contributed by atoms with Gasteiger partial charge in [-0.15, -0.1) is 0 Å². The molecular weight excluding hydrogens is 376 g/mol. The molecule has 3 aromatic rings. The van der Waals surface area contributed by atoms with Gasteiger partial charge in [-0.2, -0.15) is 19.6 Å². The van der Waals surface area contributed by atoms with Crippen LogP contribution in [0.2, 0.25) is 5.15 Å². The summed E-state index contributed by atoms with van der Waals surface area (Å²) < 4.78 is 35.6. The second-order valence-electron chi connectivity index (χ2n) is 6.58. The first-order valence-corrected chi connectivity index (χ1v) is 9.08. The molecule has 1 fully saturated rings. The Balaban J connectivity index is 2.02. The summed E-state index contributed by atoms with van der Waals surface area (Å²) in [6, 6.07) is 2.28. The van der Waals surface area contributed by atoms with E-state index < -0.39 is 11.6 Å².